The number of nitrogens with one attached hydrogen (secondary N) is 1. The summed E-state index contributed by atoms with van der Waals surface area (Å²) in [6.45, 7) is 11.0. The minimum Gasteiger partial charge on any atom is -0.379 e. The van der Waals surface area contributed by atoms with Gasteiger partial charge in [-0.2, -0.15) is 5.26 Å². The van der Waals surface area contributed by atoms with Gasteiger partial charge in [-0.25, -0.2) is 0 Å². The van der Waals surface area contributed by atoms with Crippen molar-refractivity contribution in [1.29, 1.82) is 5.26 Å². The van der Waals surface area contributed by atoms with E-state index in [9.17, 15) is 0 Å². The molecule has 0 aliphatic carbocycles. The van der Waals surface area contributed by atoms with Crippen molar-refractivity contribution >= 4 is 0 Å². The van der Waals surface area contributed by atoms with E-state index in [-0.39, 0.29) is 5.41 Å². The van der Waals surface area contributed by atoms with Crippen LogP contribution in [0.5, 0.6) is 0 Å². The molecule has 4 heteroatoms. The Labute approximate surface area is 105 Å². The molecule has 17 heavy (non-hydrogen) atoms. The number of hydrogen-bond acceptors (Lipinski definition) is 4. The number of ether oxygens (including phenoxy) is 1. The predicted octanol–water partition coefficient (Wildman–Crippen LogP) is 1.24. The molecule has 1 heterocycles. The van der Waals surface area contributed by atoms with Gasteiger partial charge in [0.15, 0.2) is 0 Å². The highest BCUT2D eigenvalue weighted by atomic mass is 16.5. The molecule has 1 saturated heterocycles. The fraction of sp³-hybridized carbons (Fsp3) is 0.923. The quantitative estimate of drug-likeness (QED) is 0.679. The maximum absolute atomic E-state index is 8.88. The van der Waals surface area contributed by atoms with E-state index < -0.39 is 0 Å². The molecule has 0 spiro atoms. The standard InChI is InChI=1S/C13H25N3O/c1-13(2,12-14)4-3-5-15-6-7-16-8-10-17-11-9-16/h15H,3-11H2,1-2H3. The molecule has 0 atom stereocenters. The molecule has 4 nitrogen and oxygen atoms in total. The summed E-state index contributed by atoms with van der Waals surface area (Å²) in [5.41, 5.74) is -0.175. The van der Waals surface area contributed by atoms with E-state index >= 15 is 0 Å². The monoisotopic (exact) mass is 239 g/mol. The van der Waals surface area contributed by atoms with Crippen molar-refractivity contribution in [3.05, 3.63) is 0 Å². The summed E-state index contributed by atoms with van der Waals surface area (Å²) in [5.74, 6) is 0. The van der Waals surface area contributed by atoms with Gasteiger partial charge in [-0.3, -0.25) is 4.90 Å². The molecule has 0 aromatic carbocycles. The van der Waals surface area contributed by atoms with Gasteiger partial charge in [-0.15, -0.1) is 0 Å². The molecule has 0 aromatic rings. The molecule has 1 fully saturated rings. The maximum atomic E-state index is 8.88. The van der Waals surface area contributed by atoms with Crippen molar-refractivity contribution in [2.75, 3.05) is 45.9 Å². The zero-order chi connectivity index (χ0) is 12.6. The lowest BCUT2D eigenvalue weighted by molar-refractivity contribution is 0.0384. The van der Waals surface area contributed by atoms with Crippen molar-refractivity contribution in [2.24, 2.45) is 5.41 Å². The third-order valence-electron chi connectivity index (χ3n) is 3.17. The lowest BCUT2D eigenvalue weighted by atomic mass is 9.90. The van der Waals surface area contributed by atoms with E-state index in [1.54, 1.807) is 0 Å². The maximum Gasteiger partial charge on any atom is 0.0683 e. The number of rotatable bonds is 7. The Bertz CT molecular complexity index is 242. The van der Waals surface area contributed by atoms with E-state index in [4.69, 9.17) is 10.00 Å². The van der Waals surface area contributed by atoms with E-state index in [1.165, 1.54) is 0 Å². The van der Waals surface area contributed by atoms with Gasteiger partial charge >= 0.3 is 0 Å². The van der Waals surface area contributed by atoms with Crippen LogP contribution in [-0.2, 0) is 4.74 Å². The molecule has 1 aliphatic rings. The van der Waals surface area contributed by atoms with Crippen LogP contribution in [0.4, 0.5) is 0 Å². The van der Waals surface area contributed by atoms with Crippen LogP contribution < -0.4 is 5.32 Å². The Morgan fingerprint density at radius 2 is 2.00 bits per heavy atom. The average molecular weight is 239 g/mol. The van der Waals surface area contributed by atoms with Gasteiger partial charge in [-0.1, -0.05) is 0 Å². The summed E-state index contributed by atoms with van der Waals surface area (Å²) in [7, 11) is 0. The first-order valence-electron chi connectivity index (χ1n) is 6.56. The summed E-state index contributed by atoms with van der Waals surface area (Å²) >= 11 is 0. The van der Waals surface area contributed by atoms with Crippen molar-refractivity contribution in [3.8, 4) is 6.07 Å². The smallest absolute Gasteiger partial charge is 0.0683 e. The Morgan fingerprint density at radius 1 is 1.29 bits per heavy atom. The number of nitriles is 1. The average Bonchev–Trinajstić information content (AvgIpc) is 2.35. The first-order valence-corrected chi connectivity index (χ1v) is 6.56. The second-order valence-corrected chi connectivity index (χ2v) is 5.30. The molecule has 1 N–H and O–H groups in total. The molecule has 0 saturated carbocycles. The molecule has 1 aliphatic heterocycles. The van der Waals surface area contributed by atoms with Crippen LogP contribution in [-0.4, -0.2) is 50.8 Å². The van der Waals surface area contributed by atoms with Crippen LogP contribution in [0.1, 0.15) is 26.7 Å². The van der Waals surface area contributed by atoms with Crippen molar-refractivity contribution in [3.63, 3.8) is 0 Å². The fourth-order valence-corrected chi connectivity index (χ4v) is 1.90. The van der Waals surface area contributed by atoms with E-state index in [0.717, 1.165) is 58.8 Å². The molecular weight excluding hydrogens is 214 g/mol. The van der Waals surface area contributed by atoms with Gasteiger partial charge < -0.3 is 10.1 Å². The topological polar surface area (TPSA) is 48.3 Å². The van der Waals surface area contributed by atoms with Crippen LogP contribution in [0.15, 0.2) is 0 Å². The molecule has 0 radical (unpaired) electrons. The molecule has 0 amide bonds. The Kier molecular flexibility index (Phi) is 6.49. The lowest BCUT2D eigenvalue weighted by Crippen LogP contribution is -2.40. The summed E-state index contributed by atoms with van der Waals surface area (Å²) in [5, 5.41) is 12.3. The molecule has 0 unspecified atom stereocenters. The van der Waals surface area contributed by atoms with E-state index in [2.05, 4.69) is 16.3 Å². The van der Waals surface area contributed by atoms with E-state index in [0.29, 0.717) is 0 Å². The van der Waals surface area contributed by atoms with Gasteiger partial charge in [0.2, 0.25) is 0 Å². The fourth-order valence-electron chi connectivity index (χ4n) is 1.90. The van der Waals surface area contributed by atoms with Crippen LogP contribution in [0, 0.1) is 16.7 Å². The van der Waals surface area contributed by atoms with Crippen molar-refractivity contribution < 1.29 is 4.74 Å². The molecular formula is C13H25N3O. The molecule has 98 valence electrons. The second-order valence-electron chi connectivity index (χ2n) is 5.30. The largest absolute Gasteiger partial charge is 0.379 e. The third kappa shape index (κ3) is 6.62. The Balaban J connectivity index is 1.92. The number of hydrogen-bond donors (Lipinski definition) is 1. The molecule has 0 bridgehead atoms. The van der Waals surface area contributed by atoms with Gasteiger partial charge in [-0.05, 0) is 33.2 Å². The number of nitrogens with zero attached hydrogens (tertiary/aromatic N) is 2. The predicted molar refractivity (Wildman–Crippen MR) is 68.8 cm³/mol. The normalized spacial score (nSPS) is 17.9. The van der Waals surface area contributed by atoms with Gasteiger partial charge in [0.05, 0.1) is 24.7 Å². The highest BCUT2D eigenvalue weighted by Gasteiger charge is 2.15. The van der Waals surface area contributed by atoms with Crippen molar-refractivity contribution in [1.82, 2.24) is 10.2 Å². The first kappa shape index (κ1) is 14.4. The van der Waals surface area contributed by atoms with Crippen LogP contribution in [0.25, 0.3) is 0 Å². The Morgan fingerprint density at radius 3 is 2.65 bits per heavy atom. The van der Waals surface area contributed by atoms with Gasteiger partial charge in [0, 0.05) is 26.2 Å². The Hall–Kier alpha value is -0.630. The first-order chi connectivity index (χ1) is 8.14. The van der Waals surface area contributed by atoms with Crippen LogP contribution in [0.2, 0.25) is 0 Å². The van der Waals surface area contributed by atoms with Crippen LogP contribution >= 0.6 is 0 Å². The highest BCUT2D eigenvalue weighted by molar-refractivity contribution is 4.91. The minimum absolute atomic E-state index is 0.175. The second kappa shape index (κ2) is 7.65. The van der Waals surface area contributed by atoms with Crippen LogP contribution in [0.3, 0.4) is 0 Å². The third-order valence-corrected chi connectivity index (χ3v) is 3.17. The molecule has 0 aromatic heterocycles. The summed E-state index contributed by atoms with van der Waals surface area (Å²) in [4.78, 5) is 2.43. The summed E-state index contributed by atoms with van der Waals surface area (Å²) < 4.78 is 5.30. The summed E-state index contributed by atoms with van der Waals surface area (Å²) in [6.07, 6.45) is 2.04. The number of morpholine rings is 1. The molecule has 1 rings (SSSR count). The van der Waals surface area contributed by atoms with Gasteiger partial charge in [0.25, 0.3) is 0 Å². The summed E-state index contributed by atoms with van der Waals surface area (Å²) in [6, 6.07) is 2.33. The van der Waals surface area contributed by atoms with Crippen molar-refractivity contribution in [2.45, 2.75) is 26.7 Å². The highest BCUT2D eigenvalue weighted by Crippen LogP contribution is 2.19. The van der Waals surface area contributed by atoms with Gasteiger partial charge in [0.1, 0.15) is 0 Å². The SMILES string of the molecule is CC(C)(C#N)CCCNCCN1CCOCC1. The zero-order valence-corrected chi connectivity index (χ0v) is 11.2. The van der Waals surface area contributed by atoms with E-state index in [1.807, 2.05) is 13.8 Å². The lowest BCUT2D eigenvalue weighted by Gasteiger charge is -2.26. The minimum atomic E-state index is -0.175. The zero-order valence-electron chi connectivity index (χ0n) is 11.2.